The molecule has 1 aromatic rings. The quantitative estimate of drug-likeness (QED) is 0.778. The zero-order valence-corrected chi connectivity index (χ0v) is 13.6. The normalized spacial score (nSPS) is 11.7. The molecule has 1 N–H and O–H groups in total. The van der Waals surface area contributed by atoms with Crippen LogP contribution in [0.5, 0.6) is 0 Å². The van der Waals surface area contributed by atoms with Gasteiger partial charge < -0.3 is 5.32 Å². The molecule has 0 heterocycles. The fourth-order valence-corrected chi connectivity index (χ4v) is 1.94. The number of carbonyl (C=O) groups is 1. The largest absolute Gasteiger partial charge is 0.326 e. The number of benzene rings is 1. The van der Waals surface area contributed by atoms with Crippen molar-refractivity contribution >= 4 is 23.2 Å². The van der Waals surface area contributed by atoms with E-state index < -0.39 is 5.41 Å². The Kier molecular flexibility index (Phi) is 6.50. The van der Waals surface area contributed by atoms with Gasteiger partial charge in [-0.1, -0.05) is 26.0 Å². The third kappa shape index (κ3) is 4.80. The summed E-state index contributed by atoms with van der Waals surface area (Å²) in [6.07, 6.45) is 0. The first kappa shape index (κ1) is 17.0. The van der Waals surface area contributed by atoms with Gasteiger partial charge in [0.15, 0.2) is 0 Å². The lowest BCUT2D eigenvalue weighted by Gasteiger charge is -2.21. The van der Waals surface area contributed by atoms with Crippen molar-refractivity contribution in [2.24, 2.45) is 5.41 Å². The summed E-state index contributed by atoms with van der Waals surface area (Å²) in [4.78, 5) is 14.4. The van der Waals surface area contributed by atoms with E-state index in [0.717, 1.165) is 25.3 Å². The predicted octanol–water partition coefficient (Wildman–Crippen LogP) is 3.73. The minimum absolute atomic E-state index is 0.0486. The molecule has 0 saturated heterocycles. The van der Waals surface area contributed by atoms with Gasteiger partial charge in [-0.15, -0.1) is 11.6 Å². The SMILES string of the molecule is CCN(CC)Cc1cccc(NC(=O)C(C)(C)CCl)c1. The summed E-state index contributed by atoms with van der Waals surface area (Å²) in [5, 5.41) is 2.94. The third-order valence-electron chi connectivity index (χ3n) is 3.43. The van der Waals surface area contributed by atoms with Crippen LogP contribution in [0.25, 0.3) is 0 Å². The van der Waals surface area contributed by atoms with E-state index in [9.17, 15) is 4.79 Å². The molecule has 0 atom stereocenters. The molecule has 3 nitrogen and oxygen atoms in total. The van der Waals surface area contributed by atoms with E-state index in [0.29, 0.717) is 5.88 Å². The van der Waals surface area contributed by atoms with Crippen LogP contribution >= 0.6 is 11.6 Å². The van der Waals surface area contributed by atoms with E-state index in [2.05, 4.69) is 30.1 Å². The highest BCUT2D eigenvalue weighted by Crippen LogP contribution is 2.21. The number of nitrogens with one attached hydrogen (secondary N) is 1. The molecule has 4 heteroatoms. The molecule has 0 aliphatic rings. The van der Waals surface area contributed by atoms with Crippen molar-refractivity contribution in [3.05, 3.63) is 29.8 Å². The molecule has 0 fully saturated rings. The van der Waals surface area contributed by atoms with Crippen molar-refractivity contribution in [1.29, 1.82) is 0 Å². The number of nitrogens with zero attached hydrogens (tertiary/aromatic N) is 1. The third-order valence-corrected chi connectivity index (χ3v) is 4.10. The van der Waals surface area contributed by atoms with Crippen molar-refractivity contribution in [1.82, 2.24) is 4.90 Å². The number of amides is 1. The molecular weight excluding hydrogens is 272 g/mol. The Morgan fingerprint density at radius 3 is 2.50 bits per heavy atom. The zero-order valence-electron chi connectivity index (χ0n) is 12.9. The zero-order chi connectivity index (χ0) is 15.2. The second-order valence-corrected chi connectivity index (χ2v) is 5.90. The van der Waals surface area contributed by atoms with Crippen molar-refractivity contribution in [2.75, 3.05) is 24.3 Å². The molecule has 112 valence electrons. The molecule has 1 amide bonds. The molecule has 0 aromatic heterocycles. The number of halogens is 1. The van der Waals surface area contributed by atoms with Crippen molar-refractivity contribution < 1.29 is 4.79 Å². The maximum atomic E-state index is 12.1. The fourth-order valence-electron chi connectivity index (χ4n) is 1.81. The van der Waals surface area contributed by atoms with Crippen LogP contribution in [-0.2, 0) is 11.3 Å². The highest BCUT2D eigenvalue weighted by atomic mass is 35.5. The van der Waals surface area contributed by atoms with Gasteiger partial charge in [-0.05, 0) is 44.6 Å². The molecule has 0 radical (unpaired) electrons. The number of rotatable bonds is 7. The Morgan fingerprint density at radius 1 is 1.30 bits per heavy atom. The Labute approximate surface area is 127 Å². The van der Waals surface area contributed by atoms with Gasteiger partial charge >= 0.3 is 0 Å². The molecule has 0 unspecified atom stereocenters. The maximum absolute atomic E-state index is 12.1. The first-order valence-electron chi connectivity index (χ1n) is 7.11. The summed E-state index contributed by atoms with van der Waals surface area (Å²) in [5.41, 5.74) is 1.48. The van der Waals surface area contributed by atoms with Crippen LogP contribution in [0, 0.1) is 5.41 Å². The summed E-state index contributed by atoms with van der Waals surface area (Å²) in [6, 6.07) is 8.00. The highest BCUT2D eigenvalue weighted by molar-refractivity contribution is 6.20. The number of alkyl halides is 1. The molecule has 1 rings (SSSR count). The molecule has 0 spiro atoms. The van der Waals surface area contributed by atoms with Crippen LogP contribution in [0.2, 0.25) is 0 Å². The van der Waals surface area contributed by atoms with Crippen LogP contribution in [0.3, 0.4) is 0 Å². The Hall–Kier alpha value is -1.06. The van der Waals surface area contributed by atoms with E-state index in [1.807, 2.05) is 32.0 Å². The van der Waals surface area contributed by atoms with Gasteiger partial charge in [0.2, 0.25) is 5.91 Å². The van der Waals surface area contributed by atoms with Gasteiger partial charge in [0.05, 0.1) is 5.41 Å². The van der Waals surface area contributed by atoms with Gasteiger partial charge in [0, 0.05) is 18.1 Å². The summed E-state index contributed by atoms with van der Waals surface area (Å²) < 4.78 is 0. The highest BCUT2D eigenvalue weighted by Gasteiger charge is 2.26. The minimum Gasteiger partial charge on any atom is -0.326 e. The number of anilines is 1. The van der Waals surface area contributed by atoms with Crippen molar-refractivity contribution in [3.8, 4) is 0 Å². The number of carbonyl (C=O) groups excluding carboxylic acids is 1. The van der Waals surface area contributed by atoms with Gasteiger partial charge in [0.25, 0.3) is 0 Å². The van der Waals surface area contributed by atoms with Gasteiger partial charge in [-0.25, -0.2) is 0 Å². The average Bonchev–Trinajstić information content (AvgIpc) is 2.45. The molecule has 20 heavy (non-hydrogen) atoms. The van der Waals surface area contributed by atoms with Crippen molar-refractivity contribution in [2.45, 2.75) is 34.2 Å². The van der Waals surface area contributed by atoms with Gasteiger partial charge in [-0.3, -0.25) is 9.69 Å². The lowest BCUT2D eigenvalue weighted by molar-refractivity contribution is -0.122. The molecular formula is C16H25ClN2O. The predicted molar refractivity (Wildman–Crippen MR) is 86.2 cm³/mol. The standard InChI is InChI=1S/C16H25ClN2O/c1-5-19(6-2)11-13-8-7-9-14(10-13)18-15(20)16(3,4)12-17/h7-10H,5-6,11-12H2,1-4H3,(H,18,20). The fraction of sp³-hybridized carbons (Fsp3) is 0.562. The van der Waals surface area contributed by atoms with E-state index in [1.54, 1.807) is 0 Å². The first-order chi connectivity index (χ1) is 9.42. The van der Waals surface area contributed by atoms with E-state index in [4.69, 9.17) is 11.6 Å². The van der Waals surface area contributed by atoms with Crippen LogP contribution in [0.15, 0.2) is 24.3 Å². The van der Waals surface area contributed by atoms with Crippen LogP contribution in [0.1, 0.15) is 33.3 Å². The molecule has 0 saturated carbocycles. The minimum atomic E-state index is -0.559. The summed E-state index contributed by atoms with van der Waals surface area (Å²) in [6.45, 7) is 10.9. The maximum Gasteiger partial charge on any atom is 0.231 e. The lowest BCUT2D eigenvalue weighted by Crippen LogP contribution is -2.32. The number of hydrogen-bond acceptors (Lipinski definition) is 2. The monoisotopic (exact) mass is 296 g/mol. The molecule has 1 aromatic carbocycles. The Balaban J connectivity index is 2.76. The second kappa shape index (κ2) is 7.65. The van der Waals surface area contributed by atoms with E-state index in [1.165, 1.54) is 5.56 Å². The number of hydrogen-bond donors (Lipinski definition) is 1. The van der Waals surface area contributed by atoms with E-state index in [-0.39, 0.29) is 5.91 Å². The summed E-state index contributed by atoms with van der Waals surface area (Å²) in [7, 11) is 0. The molecule has 0 bridgehead atoms. The average molecular weight is 297 g/mol. The van der Waals surface area contributed by atoms with Gasteiger partial charge in [-0.2, -0.15) is 0 Å². The van der Waals surface area contributed by atoms with Crippen molar-refractivity contribution in [3.63, 3.8) is 0 Å². The Bertz CT molecular complexity index is 442. The lowest BCUT2D eigenvalue weighted by atomic mass is 9.95. The van der Waals surface area contributed by atoms with Gasteiger partial charge in [0.1, 0.15) is 0 Å². The Morgan fingerprint density at radius 2 is 1.95 bits per heavy atom. The smallest absolute Gasteiger partial charge is 0.231 e. The van der Waals surface area contributed by atoms with Crippen LogP contribution in [0.4, 0.5) is 5.69 Å². The summed E-state index contributed by atoms with van der Waals surface area (Å²) >= 11 is 5.82. The van der Waals surface area contributed by atoms with Crippen LogP contribution in [-0.4, -0.2) is 29.8 Å². The second-order valence-electron chi connectivity index (χ2n) is 5.63. The topological polar surface area (TPSA) is 32.3 Å². The first-order valence-corrected chi connectivity index (χ1v) is 7.65. The molecule has 0 aliphatic heterocycles. The van der Waals surface area contributed by atoms with E-state index >= 15 is 0 Å². The molecule has 0 aliphatic carbocycles. The van der Waals surface area contributed by atoms with Crippen LogP contribution < -0.4 is 5.32 Å². The summed E-state index contributed by atoms with van der Waals surface area (Å²) in [5.74, 6) is 0.255.